The maximum Gasteiger partial charge on any atom is 0.494 e. The summed E-state index contributed by atoms with van der Waals surface area (Å²) in [4.78, 5) is 3.41. The van der Waals surface area contributed by atoms with Gasteiger partial charge in [0.05, 0.1) is 13.2 Å². The van der Waals surface area contributed by atoms with Gasteiger partial charge in [0.25, 0.3) is 0 Å². The van der Waals surface area contributed by atoms with Gasteiger partial charge < -0.3 is 23.5 Å². The van der Waals surface area contributed by atoms with Crippen LogP contribution in [0.2, 0.25) is 0 Å². The normalized spacial score (nSPS) is 12.1. The third kappa shape index (κ3) is 8.35. The predicted molar refractivity (Wildman–Crippen MR) is 123 cm³/mol. The van der Waals surface area contributed by atoms with E-state index in [1.165, 1.54) is 0 Å². The van der Waals surface area contributed by atoms with Gasteiger partial charge in [-0.2, -0.15) is 0 Å². The summed E-state index contributed by atoms with van der Waals surface area (Å²) in [6, 6.07) is 12.8. The van der Waals surface area contributed by atoms with Gasteiger partial charge in [-0.3, -0.25) is 0 Å². The number of nitrogens with zero attached hydrogens (tertiary/aromatic N) is 1. The Bertz CT molecular complexity index is 838. The molecule has 0 saturated carbocycles. The molecule has 1 atom stereocenters. The van der Waals surface area contributed by atoms with Crippen molar-refractivity contribution < 1.29 is 23.5 Å². The molecular weight excluding hydrogens is 393 g/mol. The molecule has 0 aliphatic carbocycles. The third-order valence-electron chi connectivity index (χ3n) is 4.24. The lowest BCUT2D eigenvalue weighted by Gasteiger charge is -2.23. The van der Waals surface area contributed by atoms with Crippen molar-refractivity contribution in [2.24, 2.45) is 0 Å². The molecule has 0 aliphatic heterocycles. The summed E-state index contributed by atoms with van der Waals surface area (Å²) in [6.07, 6.45) is -0.340. The zero-order chi connectivity index (χ0) is 22.8. The quantitative estimate of drug-likeness (QED) is 0.256. The molecule has 0 radical (unpaired) electrons. The summed E-state index contributed by atoms with van der Waals surface area (Å²) < 4.78 is 29.5. The van der Waals surface area contributed by atoms with E-state index in [0.29, 0.717) is 30.4 Å². The molecule has 2 aromatic rings. The smallest absolute Gasteiger partial charge is 0.457 e. The average molecular weight is 425 g/mol. The SMILES string of the molecule is [C-]#[N+]c1ccc(Oc2ccc(B(OC(C)C)OC(C)C)c(COC(C)OCC)c2)cc1. The topological polar surface area (TPSA) is 50.5 Å². The summed E-state index contributed by atoms with van der Waals surface area (Å²) in [7, 11) is -0.520. The van der Waals surface area contributed by atoms with Crippen LogP contribution in [0.4, 0.5) is 5.69 Å². The second kappa shape index (κ2) is 12.5. The predicted octanol–water partition coefficient (Wildman–Crippen LogP) is 5.47. The molecule has 2 aromatic carbocycles. The van der Waals surface area contributed by atoms with Gasteiger partial charge in [0, 0.05) is 18.8 Å². The molecule has 0 saturated heterocycles. The van der Waals surface area contributed by atoms with Gasteiger partial charge in [0.15, 0.2) is 12.0 Å². The van der Waals surface area contributed by atoms with Gasteiger partial charge in [0.1, 0.15) is 11.5 Å². The van der Waals surface area contributed by atoms with Crippen molar-refractivity contribution in [3.05, 3.63) is 59.4 Å². The summed E-state index contributed by atoms with van der Waals surface area (Å²) >= 11 is 0. The fourth-order valence-electron chi connectivity index (χ4n) is 2.89. The van der Waals surface area contributed by atoms with Crippen molar-refractivity contribution in [1.82, 2.24) is 0 Å². The van der Waals surface area contributed by atoms with E-state index in [1.54, 1.807) is 24.3 Å². The molecule has 0 aliphatic rings. The second-order valence-corrected chi connectivity index (χ2v) is 7.60. The number of benzene rings is 2. The van der Waals surface area contributed by atoms with E-state index >= 15 is 0 Å². The molecule has 1 unspecified atom stereocenters. The zero-order valence-corrected chi connectivity index (χ0v) is 19.3. The van der Waals surface area contributed by atoms with Crippen molar-refractivity contribution in [2.45, 2.75) is 66.6 Å². The van der Waals surface area contributed by atoms with Crippen LogP contribution in [0.15, 0.2) is 42.5 Å². The van der Waals surface area contributed by atoms with E-state index in [9.17, 15) is 0 Å². The van der Waals surface area contributed by atoms with Gasteiger partial charge >= 0.3 is 7.12 Å². The lowest BCUT2D eigenvalue weighted by Crippen LogP contribution is -2.42. The molecule has 0 bridgehead atoms. The van der Waals surface area contributed by atoms with E-state index in [-0.39, 0.29) is 18.5 Å². The maximum atomic E-state index is 7.07. The molecule has 7 heteroatoms. The number of hydrogen-bond acceptors (Lipinski definition) is 5. The number of hydrogen-bond donors (Lipinski definition) is 0. The monoisotopic (exact) mass is 425 g/mol. The average Bonchev–Trinajstić information content (AvgIpc) is 2.72. The summed E-state index contributed by atoms with van der Waals surface area (Å²) in [6.45, 7) is 19.7. The van der Waals surface area contributed by atoms with Crippen LogP contribution >= 0.6 is 0 Å². The first-order valence-electron chi connectivity index (χ1n) is 10.6. The number of ether oxygens (including phenoxy) is 3. The van der Waals surface area contributed by atoms with Crippen molar-refractivity contribution in [3.63, 3.8) is 0 Å². The van der Waals surface area contributed by atoms with Crippen LogP contribution in [0.1, 0.15) is 47.1 Å². The Balaban J connectivity index is 2.32. The first-order chi connectivity index (χ1) is 14.8. The highest BCUT2D eigenvalue weighted by Crippen LogP contribution is 2.25. The van der Waals surface area contributed by atoms with Crippen LogP contribution in [-0.4, -0.2) is 32.2 Å². The second-order valence-electron chi connectivity index (χ2n) is 7.60. The molecule has 0 aromatic heterocycles. The molecule has 0 fully saturated rings. The van der Waals surface area contributed by atoms with Crippen LogP contribution in [-0.2, 0) is 25.4 Å². The third-order valence-corrected chi connectivity index (χ3v) is 4.24. The molecule has 166 valence electrons. The Labute approximate surface area is 186 Å². The van der Waals surface area contributed by atoms with Crippen LogP contribution in [0.25, 0.3) is 4.85 Å². The fourth-order valence-corrected chi connectivity index (χ4v) is 2.89. The Morgan fingerprint density at radius 1 is 0.871 bits per heavy atom. The van der Waals surface area contributed by atoms with Crippen LogP contribution in [0.3, 0.4) is 0 Å². The minimum atomic E-state index is -0.520. The van der Waals surface area contributed by atoms with Crippen molar-refractivity contribution in [2.75, 3.05) is 6.61 Å². The van der Waals surface area contributed by atoms with E-state index in [0.717, 1.165) is 11.0 Å². The number of rotatable bonds is 12. The standard InChI is InChI=1S/C24H32BNO5/c1-8-27-19(6)28-16-20-15-23(29-22-11-9-21(26-7)10-12-22)13-14-24(20)25(30-17(2)3)31-18(4)5/h9-15,17-19H,8,16H2,1-6H3. The van der Waals surface area contributed by atoms with Crippen LogP contribution in [0, 0.1) is 6.57 Å². The Hall–Kier alpha value is -2.37. The Kier molecular flexibility index (Phi) is 10.0. The highest BCUT2D eigenvalue weighted by atomic mass is 16.7. The van der Waals surface area contributed by atoms with Gasteiger partial charge in [-0.05, 0) is 76.8 Å². The van der Waals surface area contributed by atoms with E-state index in [2.05, 4.69) is 4.85 Å². The molecule has 2 rings (SSSR count). The van der Waals surface area contributed by atoms with Gasteiger partial charge in [0.2, 0.25) is 0 Å². The van der Waals surface area contributed by atoms with Gasteiger partial charge in [-0.15, -0.1) is 0 Å². The first kappa shape index (κ1) is 24.9. The molecule has 31 heavy (non-hydrogen) atoms. The highest BCUT2D eigenvalue weighted by molar-refractivity contribution is 6.62. The van der Waals surface area contributed by atoms with Crippen molar-refractivity contribution in [3.8, 4) is 11.5 Å². The lowest BCUT2D eigenvalue weighted by atomic mass is 9.75. The first-order valence-corrected chi connectivity index (χ1v) is 10.6. The lowest BCUT2D eigenvalue weighted by molar-refractivity contribution is -0.134. The molecular formula is C24H32BNO5. The van der Waals surface area contributed by atoms with Gasteiger partial charge in [-0.25, -0.2) is 4.85 Å². The summed E-state index contributed by atoms with van der Waals surface area (Å²) in [5.74, 6) is 1.32. The van der Waals surface area contributed by atoms with Crippen molar-refractivity contribution >= 4 is 18.3 Å². The van der Waals surface area contributed by atoms with Crippen LogP contribution < -0.4 is 10.2 Å². The van der Waals surface area contributed by atoms with Crippen LogP contribution in [0.5, 0.6) is 11.5 Å². The van der Waals surface area contributed by atoms with Crippen molar-refractivity contribution in [1.29, 1.82) is 0 Å². The Morgan fingerprint density at radius 2 is 1.48 bits per heavy atom. The molecule has 0 amide bonds. The summed E-state index contributed by atoms with van der Waals surface area (Å²) in [5.41, 5.74) is 2.36. The Morgan fingerprint density at radius 3 is 2.03 bits per heavy atom. The summed E-state index contributed by atoms with van der Waals surface area (Å²) in [5, 5.41) is 0. The van der Waals surface area contributed by atoms with E-state index in [4.69, 9.17) is 30.1 Å². The largest absolute Gasteiger partial charge is 0.494 e. The fraction of sp³-hybridized carbons (Fsp3) is 0.458. The zero-order valence-electron chi connectivity index (χ0n) is 19.3. The molecule has 0 heterocycles. The van der Waals surface area contributed by atoms with Gasteiger partial charge in [-0.1, -0.05) is 18.2 Å². The highest BCUT2D eigenvalue weighted by Gasteiger charge is 2.27. The maximum absolute atomic E-state index is 7.07. The van der Waals surface area contributed by atoms with E-state index in [1.807, 2.05) is 59.7 Å². The minimum Gasteiger partial charge on any atom is -0.457 e. The molecule has 0 N–H and O–H groups in total. The van der Waals surface area contributed by atoms with E-state index < -0.39 is 7.12 Å². The molecule has 0 spiro atoms. The minimum absolute atomic E-state index is 0.00300. The molecule has 6 nitrogen and oxygen atoms in total.